The zero-order chi connectivity index (χ0) is 21.4. The lowest BCUT2D eigenvalue weighted by Crippen LogP contribution is -2.51. The summed E-state index contributed by atoms with van der Waals surface area (Å²) >= 11 is 1.51. The van der Waals surface area contributed by atoms with Crippen LogP contribution in [0.25, 0.3) is 10.2 Å². The molecule has 2 aliphatic rings. The quantitative estimate of drug-likeness (QED) is 0.673. The standard InChI is InChI=1S/C23H25FN4O2S/c24-17-4-3-7-20-21(17)25-23(31-20)28-10-8-16(9-11-28)22(30)27-14-12-26(13-15-27)18-5-1-2-6-19(18)29/h1-7,16,29H,8-15H2. The SMILES string of the molecule is O=C(C1CCN(c2nc3c(F)cccc3s2)CC1)N1CCN(c2ccccc2O)CC1. The van der Waals surface area contributed by atoms with E-state index >= 15 is 0 Å². The number of aromatic nitrogens is 1. The lowest BCUT2D eigenvalue weighted by molar-refractivity contribution is -0.136. The van der Waals surface area contributed by atoms with E-state index in [0.717, 1.165) is 54.5 Å². The summed E-state index contributed by atoms with van der Waals surface area (Å²) in [4.78, 5) is 23.8. The molecule has 3 aromatic rings. The number of nitrogens with zero attached hydrogens (tertiary/aromatic N) is 4. The Hall–Kier alpha value is -2.87. The summed E-state index contributed by atoms with van der Waals surface area (Å²) < 4.78 is 14.8. The van der Waals surface area contributed by atoms with E-state index in [-0.39, 0.29) is 23.4 Å². The van der Waals surface area contributed by atoms with Gasteiger partial charge in [0.05, 0.1) is 10.4 Å². The molecule has 2 saturated heterocycles. The van der Waals surface area contributed by atoms with Crippen molar-refractivity contribution in [1.82, 2.24) is 9.88 Å². The number of amides is 1. The summed E-state index contributed by atoms with van der Waals surface area (Å²) in [5, 5.41) is 10.9. The van der Waals surface area contributed by atoms with Crippen molar-refractivity contribution >= 4 is 38.3 Å². The molecule has 162 valence electrons. The maximum atomic E-state index is 14.0. The predicted octanol–water partition coefficient (Wildman–Crippen LogP) is 3.71. The molecule has 2 aliphatic heterocycles. The highest BCUT2D eigenvalue weighted by Gasteiger charge is 2.31. The molecule has 0 saturated carbocycles. The van der Waals surface area contributed by atoms with Crippen molar-refractivity contribution in [3.63, 3.8) is 0 Å². The number of aromatic hydroxyl groups is 1. The van der Waals surface area contributed by atoms with Crippen LogP contribution >= 0.6 is 11.3 Å². The Morgan fingerprint density at radius 2 is 1.71 bits per heavy atom. The normalized spacial score (nSPS) is 18.0. The molecule has 3 heterocycles. The predicted molar refractivity (Wildman–Crippen MR) is 121 cm³/mol. The summed E-state index contributed by atoms with van der Waals surface area (Å²) in [6.07, 6.45) is 1.58. The van der Waals surface area contributed by atoms with Gasteiger partial charge < -0.3 is 19.8 Å². The lowest BCUT2D eigenvalue weighted by Gasteiger charge is -2.39. The number of rotatable bonds is 3. The molecule has 0 unspecified atom stereocenters. The van der Waals surface area contributed by atoms with E-state index in [1.807, 2.05) is 29.2 Å². The van der Waals surface area contributed by atoms with E-state index in [1.54, 1.807) is 12.1 Å². The van der Waals surface area contributed by atoms with Gasteiger partial charge in [-0.2, -0.15) is 0 Å². The molecule has 2 aromatic carbocycles. The second kappa shape index (κ2) is 8.34. The van der Waals surface area contributed by atoms with Crippen LogP contribution in [0.1, 0.15) is 12.8 Å². The fourth-order valence-electron chi connectivity index (χ4n) is 4.51. The van der Waals surface area contributed by atoms with Gasteiger partial charge in [-0.25, -0.2) is 9.37 Å². The first-order valence-corrected chi connectivity index (χ1v) is 11.5. The Morgan fingerprint density at radius 3 is 2.42 bits per heavy atom. The van der Waals surface area contributed by atoms with Crippen molar-refractivity contribution in [2.24, 2.45) is 5.92 Å². The van der Waals surface area contributed by atoms with E-state index < -0.39 is 0 Å². The number of para-hydroxylation sites is 3. The summed E-state index contributed by atoms with van der Waals surface area (Å²) in [7, 11) is 0. The molecule has 0 aliphatic carbocycles. The fraction of sp³-hybridized carbons (Fsp3) is 0.391. The molecule has 0 bridgehead atoms. The molecule has 5 rings (SSSR count). The molecule has 31 heavy (non-hydrogen) atoms. The van der Waals surface area contributed by atoms with Gasteiger partial charge in [0.15, 0.2) is 5.13 Å². The number of hydrogen-bond donors (Lipinski definition) is 1. The van der Waals surface area contributed by atoms with E-state index in [1.165, 1.54) is 17.4 Å². The second-order valence-corrected chi connectivity index (χ2v) is 9.15. The largest absolute Gasteiger partial charge is 0.506 e. The van der Waals surface area contributed by atoms with Crippen molar-refractivity contribution in [2.75, 3.05) is 49.1 Å². The molecule has 6 nitrogen and oxygen atoms in total. The van der Waals surface area contributed by atoms with Crippen molar-refractivity contribution < 1.29 is 14.3 Å². The summed E-state index contributed by atoms with van der Waals surface area (Å²) in [5.74, 6) is 0.253. The maximum Gasteiger partial charge on any atom is 0.225 e. The van der Waals surface area contributed by atoms with Gasteiger partial charge in [-0.05, 0) is 37.1 Å². The molecule has 0 spiro atoms. The number of phenols is 1. The summed E-state index contributed by atoms with van der Waals surface area (Å²) in [5.41, 5.74) is 1.26. The first-order valence-electron chi connectivity index (χ1n) is 10.7. The van der Waals surface area contributed by atoms with Crippen molar-refractivity contribution in [2.45, 2.75) is 12.8 Å². The van der Waals surface area contributed by atoms with Gasteiger partial charge in [-0.1, -0.05) is 29.5 Å². The number of hydrogen-bond acceptors (Lipinski definition) is 6. The van der Waals surface area contributed by atoms with Gasteiger partial charge in [0.25, 0.3) is 0 Å². The zero-order valence-corrected chi connectivity index (χ0v) is 18.0. The minimum absolute atomic E-state index is 0.0269. The molecule has 0 atom stereocenters. The molecule has 2 fully saturated rings. The Kier molecular flexibility index (Phi) is 5.40. The molecular weight excluding hydrogens is 415 g/mol. The minimum Gasteiger partial charge on any atom is -0.506 e. The van der Waals surface area contributed by atoms with Crippen LogP contribution in [0.3, 0.4) is 0 Å². The third-order valence-electron chi connectivity index (χ3n) is 6.29. The second-order valence-electron chi connectivity index (χ2n) is 8.15. The number of carbonyl (C=O) groups excluding carboxylic acids is 1. The zero-order valence-electron chi connectivity index (χ0n) is 17.2. The highest BCUT2D eigenvalue weighted by molar-refractivity contribution is 7.22. The highest BCUT2D eigenvalue weighted by atomic mass is 32.1. The molecular formula is C23H25FN4O2S. The number of anilines is 2. The van der Waals surface area contributed by atoms with Crippen LogP contribution in [-0.4, -0.2) is 60.2 Å². The van der Waals surface area contributed by atoms with Crippen LogP contribution < -0.4 is 9.80 Å². The van der Waals surface area contributed by atoms with Gasteiger partial charge in [-0.3, -0.25) is 4.79 Å². The van der Waals surface area contributed by atoms with Gasteiger partial charge in [0.2, 0.25) is 5.91 Å². The molecule has 1 N–H and O–H groups in total. The third-order valence-corrected chi connectivity index (χ3v) is 7.37. The number of phenolic OH excluding ortho intramolecular Hbond substituents is 1. The number of halogens is 1. The van der Waals surface area contributed by atoms with Crippen molar-refractivity contribution in [3.8, 4) is 5.75 Å². The van der Waals surface area contributed by atoms with Gasteiger partial charge >= 0.3 is 0 Å². The number of benzene rings is 2. The Morgan fingerprint density at radius 1 is 0.968 bits per heavy atom. The number of thiazole rings is 1. The molecule has 1 aromatic heterocycles. The number of piperidine rings is 1. The van der Waals surface area contributed by atoms with Gasteiger partial charge in [0, 0.05) is 45.2 Å². The monoisotopic (exact) mass is 440 g/mol. The van der Waals surface area contributed by atoms with Crippen LogP contribution in [0.2, 0.25) is 0 Å². The van der Waals surface area contributed by atoms with E-state index in [2.05, 4.69) is 14.8 Å². The van der Waals surface area contributed by atoms with Crippen LogP contribution in [0.4, 0.5) is 15.2 Å². The highest BCUT2D eigenvalue weighted by Crippen LogP contribution is 2.33. The lowest BCUT2D eigenvalue weighted by atomic mass is 9.95. The minimum atomic E-state index is -0.284. The Labute approximate surface area is 184 Å². The molecule has 1 amide bonds. The Balaban J connectivity index is 1.17. The van der Waals surface area contributed by atoms with Crippen LogP contribution in [-0.2, 0) is 4.79 Å². The van der Waals surface area contributed by atoms with Crippen molar-refractivity contribution in [1.29, 1.82) is 0 Å². The summed E-state index contributed by atoms with van der Waals surface area (Å²) in [6.45, 7) is 4.30. The fourth-order valence-corrected chi connectivity index (χ4v) is 5.55. The van der Waals surface area contributed by atoms with Crippen LogP contribution in [0.15, 0.2) is 42.5 Å². The smallest absolute Gasteiger partial charge is 0.225 e. The number of piperazine rings is 1. The third kappa shape index (κ3) is 3.92. The maximum absolute atomic E-state index is 14.0. The molecule has 0 radical (unpaired) electrons. The first-order chi connectivity index (χ1) is 15.1. The van der Waals surface area contributed by atoms with E-state index in [0.29, 0.717) is 18.6 Å². The van der Waals surface area contributed by atoms with Gasteiger partial charge in [0.1, 0.15) is 17.1 Å². The summed E-state index contributed by atoms with van der Waals surface area (Å²) in [6, 6.07) is 12.4. The Bertz CT molecular complexity index is 1090. The van der Waals surface area contributed by atoms with E-state index in [4.69, 9.17) is 0 Å². The topological polar surface area (TPSA) is 59.9 Å². The van der Waals surface area contributed by atoms with E-state index in [9.17, 15) is 14.3 Å². The van der Waals surface area contributed by atoms with Gasteiger partial charge in [-0.15, -0.1) is 0 Å². The van der Waals surface area contributed by atoms with Crippen LogP contribution in [0, 0.1) is 11.7 Å². The average molecular weight is 441 g/mol. The van der Waals surface area contributed by atoms with Crippen molar-refractivity contribution in [3.05, 3.63) is 48.3 Å². The molecule has 8 heteroatoms. The van der Waals surface area contributed by atoms with Crippen LogP contribution in [0.5, 0.6) is 5.75 Å². The number of fused-ring (bicyclic) bond motifs is 1. The average Bonchev–Trinajstić information content (AvgIpc) is 3.25. The first kappa shape index (κ1) is 20.1. The number of carbonyl (C=O) groups is 1.